The van der Waals surface area contributed by atoms with E-state index in [0.717, 1.165) is 29.3 Å². The van der Waals surface area contributed by atoms with Crippen LogP contribution >= 0.6 is 11.3 Å². The van der Waals surface area contributed by atoms with Crippen LogP contribution in [0.25, 0.3) is 16.4 Å². The molecule has 0 atom stereocenters. The Morgan fingerprint density at radius 1 is 1.18 bits per heavy atom. The van der Waals surface area contributed by atoms with Crippen LogP contribution in [0.1, 0.15) is 24.4 Å². The molecule has 9 nitrogen and oxygen atoms in total. The summed E-state index contributed by atoms with van der Waals surface area (Å²) in [7, 11) is 1.82. The van der Waals surface area contributed by atoms with E-state index in [1.165, 1.54) is 0 Å². The van der Waals surface area contributed by atoms with Crippen molar-refractivity contribution in [2.75, 3.05) is 18.4 Å². The van der Waals surface area contributed by atoms with Crippen LogP contribution < -0.4 is 10.9 Å². The fraction of sp³-hybridized carbons (Fsp3) is 0.333. The molecule has 1 aromatic carbocycles. The molecule has 0 saturated carbocycles. The van der Waals surface area contributed by atoms with Gasteiger partial charge in [0.1, 0.15) is 5.69 Å². The summed E-state index contributed by atoms with van der Waals surface area (Å²) in [5.41, 5.74) is 1.59. The molecular weight excluding hydrogens is 452 g/mol. The summed E-state index contributed by atoms with van der Waals surface area (Å²) in [6, 6.07) is 13.3. The highest BCUT2D eigenvalue weighted by Gasteiger charge is 2.28. The molecule has 34 heavy (non-hydrogen) atoms. The maximum atomic E-state index is 13.1. The van der Waals surface area contributed by atoms with Crippen molar-refractivity contribution in [3.8, 4) is 16.4 Å². The highest BCUT2D eigenvalue weighted by atomic mass is 32.1. The van der Waals surface area contributed by atoms with Crippen molar-refractivity contribution < 1.29 is 9.32 Å². The van der Waals surface area contributed by atoms with Crippen molar-refractivity contribution in [3.63, 3.8) is 0 Å². The molecule has 5 rings (SSSR count). The zero-order valence-electron chi connectivity index (χ0n) is 19.1. The summed E-state index contributed by atoms with van der Waals surface area (Å²) < 4.78 is 8.75. The van der Waals surface area contributed by atoms with Gasteiger partial charge in [-0.05, 0) is 56.4 Å². The van der Waals surface area contributed by atoms with Crippen molar-refractivity contribution >= 4 is 22.9 Å². The van der Waals surface area contributed by atoms with E-state index in [1.54, 1.807) is 20.7 Å². The van der Waals surface area contributed by atoms with E-state index in [-0.39, 0.29) is 17.4 Å². The largest absolute Gasteiger partial charge is 0.338 e. The number of nitrogens with one attached hydrogen (secondary N) is 1. The fourth-order valence-electron chi connectivity index (χ4n) is 4.31. The van der Waals surface area contributed by atoms with E-state index in [2.05, 4.69) is 20.4 Å². The van der Waals surface area contributed by atoms with E-state index >= 15 is 0 Å². The Bertz CT molecular complexity index is 1330. The predicted molar refractivity (Wildman–Crippen MR) is 130 cm³/mol. The van der Waals surface area contributed by atoms with Gasteiger partial charge in [-0.25, -0.2) is 4.68 Å². The number of aromatic nitrogens is 4. The van der Waals surface area contributed by atoms with Crippen LogP contribution in [0, 0.1) is 12.8 Å². The number of thiophene rings is 1. The summed E-state index contributed by atoms with van der Waals surface area (Å²) in [5.74, 6) is 0.930. The van der Waals surface area contributed by atoms with Gasteiger partial charge in [0.15, 0.2) is 0 Å². The Morgan fingerprint density at radius 2 is 1.94 bits per heavy atom. The van der Waals surface area contributed by atoms with Crippen molar-refractivity contribution in [3.05, 3.63) is 69.8 Å². The number of hydrogen-bond acceptors (Lipinski definition) is 7. The van der Waals surface area contributed by atoms with Gasteiger partial charge in [0.25, 0.3) is 5.56 Å². The lowest BCUT2D eigenvalue weighted by atomic mass is 9.96. The molecule has 176 valence electrons. The van der Waals surface area contributed by atoms with E-state index in [1.807, 2.05) is 61.8 Å². The van der Waals surface area contributed by atoms with Crippen molar-refractivity contribution in [2.45, 2.75) is 26.3 Å². The van der Waals surface area contributed by atoms with Gasteiger partial charge >= 0.3 is 0 Å². The molecule has 1 aliphatic heterocycles. The number of nitrogens with zero attached hydrogens (tertiary/aromatic N) is 5. The first-order valence-electron chi connectivity index (χ1n) is 11.2. The smallest absolute Gasteiger partial charge is 0.295 e. The Kier molecular flexibility index (Phi) is 6.16. The SMILES string of the molecule is Cc1c(NC(=O)C2CCN(Cc3nc(-c4cccs4)no3)CC2)c(=O)n(-c2ccccc2)n1C. The Labute approximate surface area is 200 Å². The Balaban J connectivity index is 1.20. The Hall–Kier alpha value is -3.50. The number of carbonyl (C=O) groups is 1. The van der Waals surface area contributed by atoms with E-state index in [4.69, 9.17) is 4.52 Å². The molecule has 1 saturated heterocycles. The number of likely N-dealkylation sites (tertiary alicyclic amines) is 1. The maximum Gasteiger partial charge on any atom is 0.295 e. The molecule has 4 heterocycles. The highest BCUT2D eigenvalue weighted by molar-refractivity contribution is 7.13. The summed E-state index contributed by atoms with van der Waals surface area (Å²) in [6.07, 6.45) is 1.41. The number of anilines is 1. The van der Waals surface area contributed by atoms with Gasteiger partial charge in [-0.2, -0.15) is 4.98 Å². The zero-order valence-corrected chi connectivity index (χ0v) is 19.9. The van der Waals surface area contributed by atoms with E-state index in [0.29, 0.717) is 36.8 Å². The summed E-state index contributed by atoms with van der Waals surface area (Å²) in [6.45, 7) is 3.90. The standard InChI is InChI=1S/C24H26N6O3S/c1-16-21(24(32)30(28(16)2)18-7-4-3-5-8-18)26-23(31)17-10-12-29(13-11-17)15-20-25-22(27-33-20)19-9-6-14-34-19/h3-9,14,17H,10-13,15H2,1-2H3,(H,26,31). The van der Waals surface area contributed by atoms with Crippen LogP contribution in [-0.4, -0.2) is 43.4 Å². The number of carbonyl (C=O) groups excluding carboxylic acids is 1. The van der Waals surface area contributed by atoms with Gasteiger partial charge in [-0.15, -0.1) is 11.3 Å². The van der Waals surface area contributed by atoms with Crippen molar-refractivity contribution in [2.24, 2.45) is 13.0 Å². The zero-order chi connectivity index (χ0) is 23.7. The predicted octanol–water partition coefficient (Wildman–Crippen LogP) is 3.45. The van der Waals surface area contributed by atoms with Crippen LogP contribution in [0.15, 0.2) is 57.2 Å². The van der Waals surface area contributed by atoms with Crippen molar-refractivity contribution in [1.29, 1.82) is 0 Å². The second-order valence-corrected chi connectivity index (χ2v) is 9.41. The summed E-state index contributed by atoms with van der Waals surface area (Å²) in [4.78, 5) is 33.7. The highest BCUT2D eigenvalue weighted by Crippen LogP contribution is 2.24. The van der Waals surface area contributed by atoms with Gasteiger partial charge in [0.2, 0.25) is 17.6 Å². The fourth-order valence-corrected chi connectivity index (χ4v) is 4.96. The number of amides is 1. The topological polar surface area (TPSA) is 98.2 Å². The van der Waals surface area contributed by atoms with Crippen LogP contribution in [0.2, 0.25) is 0 Å². The van der Waals surface area contributed by atoms with Gasteiger partial charge in [0, 0.05) is 13.0 Å². The van der Waals surface area contributed by atoms with Crippen molar-refractivity contribution in [1.82, 2.24) is 24.4 Å². The van der Waals surface area contributed by atoms with Gasteiger partial charge in [-0.1, -0.05) is 29.4 Å². The van der Waals surface area contributed by atoms with Gasteiger partial charge in [-0.3, -0.25) is 19.2 Å². The van der Waals surface area contributed by atoms with Crippen LogP contribution in [0.5, 0.6) is 0 Å². The number of para-hydroxylation sites is 1. The lowest BCUT2D eigenvalue weighted by Crippen LogP contribution is -2.38. The third-order valence-corrected chi connectivity index (χ3v) is 7.20. The minimum absolute atomic E-state index is 0.108. The molecule has 0 unspecified atom stereocenters. The quantitative estimate of drug-likeness (QED) is 0.456. The molecule has 1 fully saturated rings. The summed E-state index contributed by atoms with van der Waals surface area (Å²) in [5, 5.41) is 8.95. The second-order valence-electron chi connectivity index (χ2n) is 8.47. The van der Waals surface area contributed by atoms with E-state index < -0.39 is 0 Å². The van der Waals surface area contributed by atoms with Gasteiger partial charge < -0.3 is 9.84 Å². The molecule has 0 radical (unpaired) electrons. The minimum Gasteiger partial charge on any atom is -0.338 e. The molecule has 1 N–H and O–H groups in total. The second kappa shape index (κ2) is 9.40. The van der Waals surface area contributed by atoms with Crippen LogP contribution in [0.4, 0.5) is 5.69 Å². The third kappa shape index (κ3) is 4.34. The molecule has 0 bridgehead atoms. The Morgan fingerprint density at radius 3 is 2.65 bits per heavy atom. The maximum absolute atomic E-state index is 13.1. The first-order chi connectivity index (χ1) is 16.5. The molecular formula is C24H26N6O3S. The molecule has 1 amide bonds. The average Bonchev–Trinajstić information content (AvgIpc) is 3.59. The molecule has 3 aromatic heterocycles. The van der Waals surface area contributed by atoms with Crippen LogP contribution in [-0.2, 0) is 18.4 Å². The molecule has 4 aromatic rings. The molecule has 10 heteroatoms. The third-order valence-electron chi connectivity index (χ3n) is 6.33. The monoisotopic (exact) mass is 478 g/mol. The summed E-state index contributed by atoms with van der Waals surface area (Å²) >= 11 is 1.57. The first kappa shape index (κ1) is 22.3. The number of benzene rings is 1. The van der Waals surface area contributed by atoms with Gasteiger partial charge in [0.05, 0.1) is 22.8 Å². The lowest BCUT2D eigenvalue weighted by molar-refractivity contribution is -0.121. The van der Waals surface area contributed by atoms with E-state index in [9.17, 15) is 9.59 Å². The number of rotatable bonds is 6. The number of hydrogen-bond donors (Lipinski definition) is 1. The lowest BCUT2D eigenvalue weighted by Gasteiger charge is -2.30. The average molecular weight is 479 g/mol. The molecule has 0 spiro atoms. The van der Waals surface area contributed by atoms with Crippen LogP contribution in [0.3, 0.4) is 0 Å². The minimum atomic E-state index is -0.227. The first-order valence-corrected chi connectivity index (χ1v) is 12.1. The normalized spacial score (nSPS) is 15.0. The molecule has 1 aliphatic rings. The molecule has 0 aliphatic carbocycles. The number of piperidine rings is 1.